The fourth-order valence-corrected chi connectivity index (χ4v) is 3.89. The third kappa shape index (κ3) is 4.98. The quantitative estimate of drug-likeness (QED) is 0.139. The zero-order valence-corrected chi connectivity index (χ0v) is 19.1. The van der Waals surface area contributed by atoms with Gasteiger partial charge in [-0.1, -0.05) is 6.08 Å². The van der Waals surface area contributed by atoms with Gasteiger partial charge in [-0.3, -0.25) is 15.0 Å². The molecular weight excluding hydrogens is 474 g/mol. The van der Waals surface area contributed by atoms with Gasteiger partial charge in [-0.15, -0.1) is 0 Å². The number of allylic oxidation sites excluding steroid dienone is 1. The van der Waals surface area contributed by atoms with Crippen LogP contribution in [-0.2, 0) is 33.4 Å². The molecule has 13 heteroatoms. The van der Waals surface area contributed by atoms with Crippen LogP contribution in [-0.4, -0.2) is 91.0 Å². The molecule has 34 heavy (non-hydrogen) atoms. The van der Waals surface area contributed by atoms with E-state index in [2.05, 4.69) is 17.2 Å². The molecule has 6 atom stereocenters. The Balaban J connectivity index is 2.52. The second kappa shape index (κ2) is 10.4. The molecule has 0 aromatic rings. The van der Waals surface area contributed by atoms with Gasteiger partial charge in [0.25, 0.3) is 0 Å². The first kappa shape index (κ1) is 27.0. The van der Waals surface area contributed by atoms with Crippen molar-refractivity contribution in [2.75, 3.05) is 0 Å². The van der Waals surface area contributed by atoms with E-state index in [1.807, 2.05) is 0 Å². The fraction of sp³-hybridized carbons (Fsp3) is 0.476. The third-order valence-electron chi connectivity index (χ3n) is 5.39. The van der Waals surface area contributed by atoms with Crippen LogP contribution in [0.15, 0.2) is 29.1 Å². The Hall–Kier alpha value is -3.22. The van der Waals surface area contributed by atoms with Crippen molar-refractivity contribution >= 4 is 46.6 Å². The monoisotopic (exact) mass is 497 g/mol. The second-order valence-electron chi connectivity index (χ2n) is 7.63. The van der Waals surface area contributed by atoms with E-state index < -0.39 is 83.3 Å². The number of aliphatic hydroxyl groups excluding tert-OH is 2. The molecule has 0 aromatic heterocycles. The van der Waals surface area contributed by atoms with Crippen LogP contribution in [0.3, 0.4) is 0 Å². The molecule has 2 rings (SSSR count). The van der Waals surface area contributed by atoms with Crippen molar-refractivity contribution in [2.45, 2.75) is 63.3 Å². The van der Waals surface area contributed by atoms with E-state index in [0.717, 1.165) is 13.0 Å². The maximum absolute atomic E-state index is 12.5. The Bertz CT molecular complexity index is 1040. The first-order valence-electron chi connectivity index (χ1n) is 9.90. The smallest absolute Gasteiger partial charge is 0.341 e. The highest BCUT2D eigenvalue weighted by molar-refractivity contribution is 7.78. The van der Waals surface area contributed by atoms with Gasteiger partial charge in [0.1, 0.15) is 29.3 Å². The molecule has 1 fully saturated rings. The van der Waals surface area contributed by atoms with Crippen molar-refractivity contribution in [1.82, 2.24) is 0 Å². The molecule has 0 aromatic carbocycles. The molecule has 1 heterocycles. The van der Waals surface area contributed by atoms with Gasteiger partial charge in [0.2, 0.25) is 0 Å². The number of hydrogen-bond donors (Lipinski definition) is 5. The lowest BCUT2D eigenvalue weighted by atomic mass is 9.75. The first-order valence-corrected chi connectivity index (χ1v) is 10.3. The number of thiocarbonyl (C=S) groups is 1. The Labute approximate surface area is 198 Å². The van der Waals surface area contributed by atoms with Crippen molar-refractivity contribution in [3.63, 3.8) is 0 Å². The molecule has 2 aliphatic rings. The third-order valence-corrected chi connectivity index (χ3v) is 5.51. The maximum Gasteiger partial charge on any atom is 0.341 e. The normalized spacial score (nSPS) is 32.0. The van der Waals surface area contributed by atoms with Gasteiger partial charge in [-0.05, 0) is 31.1 Å². The van der Waals surface area contributed by atoms with Gasteiger partial charge in [0.05, 0.1) is 18.1 Å². The maximum atomic E-state index is 12.5. The predicted molar refractivity (Wildman–Crippen MR) is 116 cm³/mol. The Morgan fingerprint density at radius 3 is 2.41 bits per heavy atom. The molecule has 0 amide bonds. The van der Waals surface area contributed by atoms with Gasteiger partial charge in [-0.2, -0.15) is 0 Å². The number of Topliss-reactive ketones (excluding diaryl/α,β-unsaturated/α-hetero) is 1. The minimum absolute atomic E-state index is 0.00193. The van der Waals surface area contributed by atoms with Crippen LogP contribution < -0.4 is 0 Å². The van der Waals surface area contributed by atoms with Gasteiger partial charge in [0.15, 0.2) is 23.6 Å². The Morgan fingerprint density at radius 1 is 1.29 bits per heavy atom. The number of hydrogen-bond acceptors (Lipinski definition) is 12. The summed E-state index contributed by atoms with van der Waals surface area (Å²) in [5, 5.41) is 51.7. The van der Waals surface area contributed by atoms with E-state index >= 15 is 0 Å². The highest BCUT2D eigenvalue weighted by Crippen LogP contribution is 2.40. The molecule has 1 aliphatic heterocycles. The van der Waals surface area contributed by atoms with E-state index in [-0.39, 0.29) is 5.57 Å². The number of aliphatic carboxylic acids is 1. The minimum atomic E-state index is -2.79. The summed E-state index contributed by atoms with van der Waals surface area (Å²) in [7, 11) is 0. The molecule has 0 spiro atoms. The predicted octanol–water partition coefficient (Wildman–Crippen LogP) is -0.300. The summed E-state index contributed by atoms with van der Waals surface area (Å²) < 4.78 is 16.0. The number of carbonyl (C=O) groups is 4. The molecule has 0 radical (unpaired) electrons. The number of ether oxygens (including phenoxy) is 3. The average Bonchev–Trinajstić information content (AvgIpc) is 2.74. The number of carboxylic acid groups (broad SMARTS) is 1. The molecule has 12 nitrogen and oxygen atoms in total. The summed E-state index contributed by atoms with van der Waals surface area (Å²) >= 11 is 4.57. The zero-order valence-electron chi connectivity index (χ0n) is 18.3. The zero-order chi connectivity index (χ0) is 26.0. The van der Waals surface area contributed by atoms with Gasteiger partial charge < -0.3 is 34.6 Å². The van der Waals surface area contributed by atoms with E-state index in [1.165, 1.54) is 19.9 Å². The van der Waals surface area contributed by atoms with E-state index in [0.29, 0.717) is 0 Å². The number of rotatable bonds is 6. The highest BCUT2D eigenvalue weighted by atomic mass is 32.1. The van der Waals surface area contributed by atoms with Crippen LogP contribution in [0.5, 0.6) is 0 Å². The van der Waals surface area contributed by atoms with Gasteiger partial charge >= 0.3 is 17.9 Å². The molecular formula is C21H23NO11S. The van der Waals surface area contributed by atoms with Gasteiger partial charge in [-0.25, -0.2) is 9.59 Å². The number of aliphatic hydroxyl groups is 3. The molecule has 0 saturated carbocycles. The number of ketones is 1. The summed E-state index contributed by atoms with van der Waals surface area (Å²) in [6.07, 6.45) is -6.63. The van der Waals surface area contributed by atoms with Crippen molar-refractivity contribution in [2.24, 2.45) is 0 Å². The van der Waals surface area contributed by atoms with Crippen LogP contribution in [0, 0.1) is 5.41 Å². The van der Waals surface area contributed by atoms with Crippen LogP contribution in [0.4, 0.5) is 0 Å². The van der Waals surface area contributed by atoms with E-state index in [4.69, 9.17) is 19.6 Å². The van der Waals surface area contributed by atoms with Crippen molar-refractivity contribution in [1.29, 1.82) is 5.41 Å². The molecule has 1 saturated heterocycles. The molecule has 0 bridgehead atoms. The van der Waals surface area contributed by atoms with Crippen molar-refractivity contribution in [3.8, 4) is 0 Å². The minimum Gasteiger partial charge on any atom is -0.508 e. The van der Waals surface area contributed by atoms with Crippen molar-refractivity contribution < 1.29 is 53.8 Å². The fourth-order valence-electron chi connectivity index (χ4n) is 3.76. The Morgan fingerprint density at radius 2 is 1.91 bits per heavy atom. The summed E-state index contributed by atoms with van der Waals surface area (Å²) in [6.45, 7) is 3.87. The second-order valence-corrected chi connectivity index (χ2v) is 7.87. The van der Waals surface area contributed by atoms with Gasteiger partial charge in [0, 0.05) is 13.0 Å². The summed E-state index contributed by atoms with van der Waals surface area (Å²) in [5.41, 5.74) is -4.99. The van der Waals surface area contributed by atoms with Crippen LogP contribution in [0.2, 0.25) is 0 Å². The van der Waals surface area contributed by atoms with Crippen LogP contribution >= 0.6 is 12.2 Å². The summed E-state index contributed by atoms with van der Waals surface area (Å²) in [5.74, 6) is -6.09. The standard InChI is InChI=1S/C21H23NO11S/c1-4-10(5-6-34)20(29)33-15-8(2)31-18(14(25)16(15)32-9(3)23)21(30)7-11(24)13(22)12(17(21)26)19(27)28/h4-5,8,14-16,18,22,25-26,30H,7H2,1-3H3,(H,27,28)/b10-4+,22-13?/t8-,14+,15?,16+,18-,21-/m1/s1. The molecule has 184 valence electrons. The lowest BCUT2D eigenvalue weighted by Gasteiger charge is -2.48. The lowest BCUT2D eigenvalue weighted by Crippen LogP contribution is -2.67. The molecule has 1 unspecified atom stereocenters. The largest absolute Gasteiger partial charge is 0.508 e. The average molecular weight is 497 g/mol. The SMILES string of the molecule is C/C=C(\C=C=S)C(=O)OC1[C@@H](OC(C)=O)[C@H](O)[C@H]([C@@]2(O)CC(=O)C(=N)C(C(=O)O)=C2O)O[C@@H]1C. The lowest BCUT2D eigenvalue weighted by molar-refractivity contribution is -0.267. The summed E-state index contributed by atoms with van der Waals surface area (Å²) in [4.78, 5) is 47.9. The number of carbonyl (C=O) groups excluding carboxylic acids is 3. The number of nitrogens with one attached hydrogen (secondary N) is 1. The Kier molecular flexibility index (Phi) is 8.24. The van der Waals surface area contributed by atoms with Crippen LogP contribution in [0.1, 0.15) is 27.2 Å². The van der Waals surface area contributed by atoms with Crippen molar-refractivity contribution in [3.05, 3.63) is 29.1 Å². The number of esters is 2. The summed E-state index contributed by atoms with van der Waals surface area (Å²) in [6, 6.07) is 0. The van der Waals surface area contributed by atoms with Crippen LogP contribution in [0.25, 0.3) is 0 Å². The molecule has 5 N–H and O–H groups in total. The van der Waals surface area contributed by atoms with E-state index in [9.17, 15) is 39.6 Å². The topological polar surface area (TPSA) is 201 Å². The number of carboxylic acids is 1. The highest BCUT2D eigenvalue weighted by Gasteiger charge is 2.60. The first-order chi connectivity index (χ1) is 15.8. The molecule has 1 aliphatic carbocycles. The van der Waals surface area contributed by atoms with E-state index in [1.54, 1.807) is 0 Å².